The van der Waals surface area contributed by atoms with Crippen LogP contribution < -0.4 is 10.2 Å². The van der Waals surface area contributed by atoms with Gasteiger partial charge < -0.3 is 5.32 Å². The molecule has 1 aromatic rings. The zero-order valence-corrected chi connectivity index (χ0v) is 10.1. The van der Waals surface area contributed by atoms with Crippen molar-refractivity contribution >= 4 is 17.5 Å². The average molecular weight is 232 g/mol. The highest BCUT2D eigenvalue weighted by atomic mass is 16.2. The van der Waals surface area contributed by atoms with E-state index >= 15 is 0 Å². The van der Waals surface area contributed by atoms with Crippen molar-refractivity contribution in [3.63, 3.8) is 0 Å². The highest BCUT2D eigenvalue weighted by Crippen LogP contribution is 2.32. The average Bonchev–Trinajstić information content (AvgIpc) is 2.76. The summed E-state index contributed by atoms with van der Waals surface area (Å²) in [6.07, 6.45) is 1.00. The van der Waals surface area contributed by atoms with Crippen molar-refractivity contribution in [1.82, 2.24) is 5.32 Å². The van der Waals surface area contributed by atoms with Crippen molar-refractivity contribution in [2.45, 2.75) is 25.8 Å². The Kier molecular flexibility index (Phi) is 3.13. The molecule has 0 aliphatic carbocycles. The minimum atomic E-state index is -0.398. The molecule has 0 spiro atoms. The minimum absolute atomic E-state index is 0.0106. The van der Waals surface area contributed by atoms with Gasteiger partial charge in [0.2, 0.25) is 11.8 Å². The van der Waals surface area contributed by atoms with Crippen molar-refractivity contribution in [1.29, 1.82) is 0 Å². The lowest BCUT2D eigenvalue weighted by Gasteiger charge is -2.23. The van der Waals surface area contributed by atoms with E-state index in [9.17, 15) is 9.59 Å². The summed E-state index contributed by atoms with van der Waals surface area (Å²) in [5.74, 6) is -0.119. The number of nitrogens with zero attached hydrogens (tertiary/aromatic N) is 1. The van der Waals surface area contributed by atoms with Gasteiger partial charge in [-0.05, 0) is 11.6 Å². The van der Waals surface area contributed by atoms with Crippen LogP contribution in [0.3, 0.4) is 0 Å². The molecule has 0 saturated carbocycles. The number of likely N-dealkylation sites (N-methyl/N-ethyl adjacent to an activating group) is 1. The van der Waals surface area contributed by atoms with Crippen LogP contribution in [0.25, 0.3) is 0 Å². The number of nitrogens with one attached hydrogen (secondary N) is 1. The number of benzene rings is 1. The number of hydrogen-bond donors (Lipinski definition) is 1. The number of hydrogen-bond acceptors (Lipinski definition) is 2. The maximum Gasteiger partial charge on any atom is 0.243 e. The zero-order valence-electron chi connectivity index (χ0n) is 10.1. The number of rotatable bonds is 2. The second-order valence-electron chi connectivity index (χ2n) is 4.08. The smallest absolute Gasteiger partial charge is 0.243 e. The molecule has 0 radical (unpaired) electrons. The predicted molar refractivity (Wildman–Crippen MR) is 65.8 cm³/mol. The van der Waals surface area contributed by atoms with Gasteiger partial charge in [0.1, 0.15) is 6.04 Å². The Hall–Kier alpha value is -1.84. The normalized spacial score (nSPS) is 17.8. The van der Waals surface area contributed by atoms with E-state index in [1.807, 2.05) is 31.2 Å². The van der Waals surface area contributed by atoms with E-state index in [2.05, 4.69) is 5.32 Å². The third-order valence-electron chi connectivity index (χ3n) is 3.10. The van der Waals surface area contributed by atoms with E-state index in [4.69, 9.17) is 0 Å². The lowest BCUT2D eigenvalue weighted by atomic mass is 10.1. The molecule has 1 aromatic carbocycles. The molecule has 1 aliphatic heterocycles. The summed E-state index contributed by atoms with van der Waals surface area (Å²) < 4.78 is 0. The number of carbonyl (C=O) groups is 2. The lowest BCUT2D eigenvalue weighted by molar-refractivity contribution is -0.125. The van der Waals surface area contributed by atoms with Crippen molar-refractivity contribution < 1.29 is 9.59 Å². The molecule has 4 heteroatoms. The molecule has 1 aliphatic rings. The van der Waals surface area contributed by atoms with Gasteiger partial charge in [0.15, 0.2) is 0 Å². The summed E-state index contributed by atoms with van der Waals surface area (Å²) in [7, 11) is 1.60. The monoisotopic (exact) mass is 232 g/mol. The lowest BCUT2D eigenvalue weighted by Crippen LogP contribution is -2.46. The molecule has 1 atom stereocenters. The largest absolute Gasteiger partial charge is 0.357 e. The first kappa shape index (κ1) is 11.6. The van der Waals surface area contributed by atoms with Crippen molar-refractivity contribution in [3.8, 4) is 0 Å². The highest BCUT2D eigenvalue weighted by Gasteiger charge is 2.36. The molecule has 1 unspecified atom stereocenters. The summed E-state index contributed by atoms with van der Waals surface area (Å²) >= 11 is 0. The van der Waals surface area contributed by atoms with E-state index in [1.165, 1.54) is 0 Å². The molecular formula is C13H16N2O2. The molecule has 4 nitrogen and oxygen atoms in total. The summed E-state index contributed by atoms with van der Waals surface area (Å²) in [6.45, 7) is 1.81. The molecule has 2 amide bonds. The van der Waals surface area contributed by atoms with Gasteiger partial charge in [0.05, 0.1) is 0 Å². The van der Waals surface area contributed by atoms with Crippen LogP contribution in [-0.4, -0.2) is 24.9 Å². The van der Waals surface area contributed by atoms with Crippen LogP contribution in [-0.2, 0) is 16.0 Å². The first-order valence-electron chi connectivity index (χ1n) is 5.80. The fraction of sp³-hybridized carbons (Fsp3) is 0.385. The molecule has 90 valence electrons. The third-order valence-corrected chi connectivity index (χ3v) is 3.10. The van der Waals surface area contributed by atoms with Crippen LogP contribution >= 0.6 is 0 Å². The minimum Gasteiger partial charge on any atom is -0.357 e. The maximum atomic E-state index is 12.0. The molecule has 17 heavy (non-hydrogen) atoms. The van der Waals surface area contributed by atoms with E-state index in [0.717, 1.165) is 11.3 Å². The van der Waals surface area contributed by atoms with Crippen LogP contribution in [0.4, 0.5) is 5.69 Å². The molecule has 0 bridgehead atoms. The van der Waals surface area contributed by atoms with E-state index in [0.29, 0.717) is 12.8 Å². The maximum absolute atomic E-state index is 12.0. The summed E-state index contributed by atoms with van der Waals surface area (Å²) in [5.41, 5.74) is 1.93. The van der Waals surface area contributed by atoms with E-state index in [1.54, 1.807) is 11.9 Å². The molecule has 1 N–H and O–H groups in total. The van der Waals surface area contributed by atoms with Gasteiger partial charge >= 0.3 is 0 Å². The van der Waals surface area contributed by atoms with Crippen molar-refractivity contribution in [2.75, 3.05) is 11.9 Å². The molecule has 0 fully saturated rings. The second-order valence-corrected chi connectivity index (χ2v) is 4.08. The van der Waals surface area contributed by atoms with Crippen molar-refractivity contribution in [3.05, 3.63) is 29.8 Å². The molecule has 0 saturated heterocycles. The van der Waals surface area contributed by atoms with Crippen LogP contribution in [0, 0.1) is 0 Å². The highest BCUT2D eigenvalue weighted by molar-refractivity contribution is 6.03. The van der Waals surface area contributed by atoms with Gasteiger partial charge in [-0.25, -0.2) is 0 Å². The Morgan fingerprint density at radius 2 is 2.12 bits per heavy atom. The number of fused-ring (bicyclic) bond motifs is 1. The third kappa shape index (κ3) is 1.90. The fourth-order valence-corrected chi connectivity index (χ4v) is 2.24. The Balaban J connectivity index is 2.40. The Morgan fingerprint density at radius 1 is 1.41 bits per heavy atom. The van der Waals surface area contributed by atoms with E-state index < -0.39 is 6.04 Å². The van der Waals surface area contributed by atoms with Crippen molar-refractivity contribution in [2.24, 2.45) is 0 Å². The van der Waals surface area contributed by atoms with Gasteiger partial charge in [-0.15, -0.1) is 0 Å². The van der Waals surface area contributed by atoms with Gasteiger partial charge in [0.25, 0.3) is 0 Å². The summed E-state index contributed by atoms with van der Waals surface area (Å²) in [4.78, 5) is 25.4. The Bertz CT molecular complexity index is 456. The zero-order chi connectivity index (χ0) is 12.4. The second kappa shape index (κ2) is 4.57. The van der Waals surface area contributed by atoms with Crippen LogP contribution in [0.15, 0.2) is 24.3 Å². The van der Waals surface area contributed by atoms with Gasteiger partial charge in [-0.3, -0.25) is 14.5 Å². The molecule has 1 heterocycles. The van der Waals surface area contributed by atoms with E-state index in [-0.39, 0.29) is 11.8 Å². The van der Waals surface area contributed by atoms with Gasteiger partial charge in [-0.2, -0.15) is 0 Å². The molecule has 0 aromatic heterocycles. The molecular weight excluding hydrogens is 216 g/mol. The quantitative estimate of drug-likeness (QED) is 0.830. The Labute approximate surface area is 101 Å². The number of para-hydroxylation sites is 1. The summed E-state index contributed by atoms with van der Waals surface area (Å²) in [6, 6.07) is 7.28. The molecule has 2 rings (SSSR count). The van der Waals surface area contributed by atoms with Crippen LogP contribution in [0.5, 0.6) is 0 Å². The van der Waals surface area contributed by atoms with Crippen LogP contribution in [0.2, 0.25) is 0 Å². The first-order chi connectivity index (χ1) is 8.19. The Morgan fingerprint density at radius 3 is 2.76 bits per heavy atom. The topological polar surface area (TPSA) is 49.4 Å². The van der Waals surface area contributed by atoms with Gasteiger partial charge in [-0.1, -0.05) is 25.1 Å². The van der Waals surface area contributed by atoms with Gasteiger partial charge in [0, 0.05) is 25.6 Å². The number of carbonyl (C=O) groups excluding carboxylic acids is 2. The standard InChI is InChI=1S/C13H16N2O2/c1-3-12(16)15-10-7-5-4-6-9(10)8-11(15)13(17)14-2/h4-7,11H,3,8H2,1-2H3,(H,14,17). The fourth-order valence-electron chi connectivity index (χ4n) is 2.24. The first-order valence-corrected chi connectivity index (χ1v) is 5.80. The SMILES string of the molecule is CCC(=O)N1c2ccccc2CC1C(=O)NC. The number of anilines is 1. The summed E-state index contributed by atoms with van der Waals surface area (Å²) in [5, 5.41) is 2.62. The van der Waals surface area contributed by atoms with Crippen LogP contribution in [0.1, 0.15) is 18.9 Å². The predicted octanol–water partition coefficient (Wildman–Crippen LogP) is 1.10. The number of amides is 2.